The summed E-state index contributed by atoms with van der Waals surface area (Å²) < 4.78 is 10.0. The Labute approximate surface area is 223 Å². The molecule has 9 heteroatoms. The van der Waals surface area contributed by atoms with Crippen LogP contribution < -0.4 is 4.90 Å². The third-order valence-electron chi connectivity index (χ3n) is 6.62. The highest BCUT2D eigenvalue weighted by Gasteiger charge is 2.29. The van der Waals surface area contributed by atoms with Gasteiger partial charge in [0.1, 0.15) is 17.4 Å². The highest BCUT2D eigenvalue weighted by Crippen LogP contribution is 2.36. The number of carbonyl (C=O) groups is 1. The van der Waals surface area contributed by atoms with Gasteiger partial charge in [-0.2, -0.15) is 0 Å². The molecule has 0 radical (unpaired) electrons. The molecule has 4 aromatic heterocycles. The predicted octanol–water partition coefficient (Wildman–Crippen LogP) is 6.01. The van der Waals surface area contributed by atoms with Crippen molar-refractivity contribution in [3.63, 3.8) is 0 Å². The van der Waals surface area contributed by atoms with E-state index in [1.165, 1.54) is 0 Å². The summed E-state index contributed by atoms with van der Waals surface area (Å²) in [5.74, 6) is 1.08. The topological polar surface area (TPSA) is 82.0 Å². The molecule has 0 aliphatic rings. The summed E-state index contributed by atoms with van der Waals surface area (Å²) in [7, 11) is 1.95. The number of furan rings is 1. The van der Waals surface area contributed by atoms with E-state index in [-0.39, 0.29) is 0 Å². The Morgan fingerprint density at radius 1 is 1.05 bits per heavy atom. The molecule has 2 aromatic carbocycles. The highest BCUT2D eigenvalue weighted by atomic mass is 35.5. The van der Waals surface area contributed by atoms with Crippen LogP contribution in [0, 0.1) is 0 Å². The Morgan fingerprint density at radius 2 is 1.92 bits per heavy atom. The van der Waals surface area contributed by atoms with Gasteiger partial charge in [0.15, 0.2) is 0 Å². The van der Waals surface area contributed by atoms with Crippen molar-refractivity contribution in [1.29, 1.82) is 0 Å². The second-order valence-electron chi connectivity index (χ2n) is 8.87. The second-order valence-corrected chi connectivity index (χ2v) is 9.27. The number of aromatic nitrogens is 5. The van der Waals surface area contributed by atoms with E-state index < -0.39 is 6.04 Å². The molecule has 4 heterocycles. The molecule has 0 N–H and O–H groups in total. The van der Waals surface area contributed by atoms with E-state index in [1.807, 2.05) is 83.2 Å². The number of pyridine rings is 1. The van der Waals surface area contributed by atoms with Crippen molar-refractivity contribution >= 4 is 34.9 Å². The van der Waals surface area contributed by atoms with Gasteiger partial charge in [-0.3, -0.25) is 14.7 Å². The molecule has 38 heavy (non-hydrogen) atoms. The minimum atomic E-state index is -0.481. The lowest BCUT2D eigenvalue weighted by atomic mass is 10.1. The van der Waals surface area contributed by atoms with Crippen LogP contribution in [0.4, 0.5) is 5.88 Å². The molecule has 188 valence electrons. The summed E-state index contributed by atoms with van der Waals surface area (Å²) in [4.78, 5) is 27.5. The van der Waals surface area contributed by atoms with Crippen LogP contribution in [0.15, 0.2) is 102 Å². The molecule has 6 aromatic rings. The molecule has 0 aliphatic carbocycles. The van der Waals surface area contributed by atoms with Crippen molar-refractivity contribution in [2.24, 2.45) is 7.05 Å². The van der Waals surface area contributed by atoms with E-state index in [2.05, 4.69) is 9.97 Å². The van der Waals surface area contributed by atoms with Crippen molar-refractivity contribution < 1.29 is 9.21 Å². The summed E-state index contributed by atoms with van der Waals surface area (Å²) in [6.07, 6.45) is 10.2. The summed E-state index contributed by atoms with van der Waals surface area (Å²) in [5.41, 5.74) is 4.36. The van der Waals surface area contributed by atoms with Gasteiger partial charge in [-0.05, 0) is 42.0 Å². The summed E-state index contributed by atoms with van der Waals surface area (Å²) in [6, 6.07) is 20.6. The van der Waals surface area contributed by atoms with Crippen LogP contribution in [0.3, 0.4) is 0 Å². The fraction of sp³-hybridized carbons (Fsp3) is 0.103. The zero-order chi connectivity index (χ0) is 26.1. The second kappa shape index (κ2) is 9.99. The van der Waals surface area contributed by atoms with Crippen LogP contribution in [0.25, 0.3) is 27.9 Å². The van der Waals surface area contributed by atoms with E-state index in [0.717, 1.165) is 34.4 Å². The molecule has 6 rings (SSSR count). The molecular weight excluding hydrogens is 500 g/mol. The first-order valence-corrected chi connectivity index (χ1v) is 12.4. The van der Waals surface area contributed by atoms with E-state index in [9.17, 15) is 4.79 Å². The van der Waals surface area contributed by atoms with Gasteiger partial charge in [0.2, 0.25) is 12.3 Å². The van der Waals surface area contributed by atoms with Gasteiger partial charge < -0.3 is 13.6 Å². The fourth-order valence-electron chi connectivity index (χ4n) is 4.67. The lowest BCUT2D eigenvalue weighted by Crippen LogP contribution is -2.31. The molecule has 1 amide bonds. The fourth-order valence-corrected chi connectivity index (χ4v) is 4.89. The van der Waals surface area contributed by atoms with Gasteiger partial charge in [-0.25, -0.2) is 9.97 Å². The van der Waals surface area contributed by atoms with Crippen molar-refractivity contribution in [1.82, 2.24) is 24.1 Å². The smallest absolute Gasteiger partial charge is 0.217 e. The Morgan fingerprint density at radius 3 is 2.63 bits per heavy atom. The maximum absolute atomic E-state index is 12.6. The number of carbonyl (C=O) groups excluding carboxylic acids is 1. The van der Waals surface area contributed by atoms with Crippen molar-refractivity contribution in [3.05, 3.63) is 114 Å². The molecule has 1 atom stereocenters. The van der Waals surface area contributed by atoms with Gasteiger partial charge in [0, 0.05) is 54.9 Å². The Kier molecular flexibility index (Phi) is 6.23. The average Bonchev–Trinajstić information content (AvgIpc) is 3.70. The van der Waals surface area contributed by atoms with Crippen molar-refractivity contribution in [2.75, 3.05) is 4.90 Å². The maximum Gasteiger partial charge on any atom is 0.217 e. The van der Waals surface area contributed by atoms with Gasteiger partial charge in [0.25, 0.3) is 0 Å². The van der Waals surface area contributed by atoms with Gasteiger partial charge in [0.05, 0.1) is 23.2 Å². The molecule has 1 unspecified atom stereocenters. The number of benzene rings is 2. The third-order valence-corrected chi connectivity index (χ3v) is 6.95. The number of anilines is 1. The first-order valence-electron chi connectivity index (χ1n) is 12.0. The Bertz CT molecular complexity index is 1690. The first kappa shape index (κ1) is 23.7. The minimum absolute atomic E-state index is 0.387. The number of rotatable bonds is 8. The number of halogens is 1. The summed E-state index contributed by atoms with van der Waals surface area (Å²) in [5, 5.41) is 1.30. The molecule has 8 nitrogen and oxygen atoms in total. The van der Waals surface area contributed by atoms with E-state index in [0.29, 0.717) is 28.7 Å². The summed E-state index contributed by atoms with van der Waals surface area (Å²) >= 11 is 6.39. The monoisotopic (exact) mass is 522 g/mol. The number of hydrogen-bond donors (Lipinski definition) is 0. The number of fused-ring (bicyclic) bond motifs is 1. The Hall–Kier alpha value is -4.69. The quantitative estimate of drug-likeness (QED) is 0.228. The van der Waals surface area contributed by atoms with E-state index >= 15 is 0 Å². The van der Waals surface area contributed by atoms with Gasteiger partial charge >= 0.3 is 0 Å². The normalized spacial score (nSPS) is 12.1. The van der Waals surface area contributed by atoms with Crippen molar-refractivity contribution in [2.45, 2.75) is 12.5 Å². The predicted molar refractivity (Wildman–Crippen MR) is 146 cm³/mol. The molecule has 0 saturated heterocycles. The highest BCUT2D eigenvalue weighted by molar-refractivity contribution is 6.35. The number of imidazole rings is 2. The SMILES string of the molecule is Cn1c(-c2ccc(-n3ccnc3)cc2)cnc1C(Cc1ccccn1)N(C=O)c1cc2c(Cl)cccc2o1. The van der Waals surface area contributed by atoms with Crippen LogP contribution in [0.1, 0.15) is 17.6 Å². The summed E-state index contributed by atoms with van der Waals surface area (Å²) in [6.45, 7) is 0. The maximum atomic E-state index is 12.6. The zero-order valence-corrected chi connectivity index (χ0v) is 21.2. The van der Waals surface area contributed by atoms with E-state index in [1.54, 1.807) is 35.8 Å². The molecule has 0 bridgehead atoms. The standard InChI is InChI=1S/C29H23ClN6O2/c1-34-26(20-8-10-22(11-9-20)35-14-13-31-18-35)17-33-29(34)25(15-21-5-2-3-12-32-21)36(19-37)28-16-23-24(30)6-4-7-27(23)38-28/h2-14,16-19,25H,15H2,1H3. The molecule has 0 saturated carbocycles. The third kappa shape index (κ3) is 4.35. The largest absolute Gasteiger partial charge is 0.440 e. The van der Waals surface area contributed by atoms with Gasteiger partial charge in [-0.15, -0.1) is 0 Å². The lowest BCUT2D eigenvalue weighted by Gasteiger charge is -2.26. The molecular formula is C29H23ClN6O2. The molecule has 0 fully saturated rings. The van der Waals surface area contributed by atoms with Crippen LogP contribution in [-0.4, -0.2) is 30.5 Å². The van der Waals surface area contributed by atoms with E-state index in [4.69, 9.17) is 21.0 Å². The minimum Gasteiger partial charge on any atom is -0.440 e. The average molecular weight is 523 g/mol. The van der Waals surface area contributed by atoms with Crippen LogP contribution in [0.5, 0.6) is 0 Å². The first-order chi connectivity index (χ1) is 18.6. The molecule has 0 spiro atoms. The van der Waals surface area contributed by atoms with Crippen LogP contribution >= 0.6 is 11.6 Å². The number of nitrogens with zero attached hydrogens (tertiary/aromatic N) is 6. The van der Waals surface area contributed by atoms with Crippen LogP contribution in [-0.2, 0) is 18.3 Å². The number of hydrogen-bond acceptors (Lipinski definition) is 5. The van der Waals surface area contributed by atoms with Gasteiger partial charge in [-0.1, -0.05) is 35.9 Å². The zero-order valence-electron chi connectivity index (χ0n) is 20.5. The van der Waals surface area contributed by atoms with Crippen LogP contribution in [0.2, 0.25) is 5.02 Å². The lowest BCUT2D eigenvalue weighted by molar-refractivity contribution is -0.108. The number of amides is 1. The Balaban J connectivity index is 1.40. The molecule has 0 aliphatic heterocycles. The van der Waals surface area contributed by atoms with Crippen molar-refractivity contribution in [3.8, 4) is 16.9 Å².